The highest BCUT2D eigenvalue weighted by Gasteiger charge is 2.15. The number of nitrogens with zero attached hydrogens (tertiary/aromatic N) is 1. The third-order valence-corrected chi connectivity index (χ3v) is 5.20. The smallest absolute Gasteiger partial charge is 0.343 e. The summed E-state index contributed by atoms with van der Waals surface area (Å²) in [6, 6.07) is 22.3. The quantitative estimate of drug-likeness (QED) is 0.126. The summed E-state index contributed by atoms with van der Waals surface area (Å²) < 4.78 is 24.1. The van der Waals surface area contributed by atoms with Gasteiger partial charge in [0.05, 0.1) is 18.4 Å². The standard InChI is InChI=1S/C28H22FN3O5/c1-2-36-22-14-7-19(8-15-22)28(35)37-25-16-9-18-5-3-4-6-23(18)24(25)17-30-32-27(34)26(33)31-21-12-10-20(29)11-13-21/h3-17H,2H2,1H3,(H,31,33)(H,32,34)/b30-17-. The van der Waals surface area contributed by atoms with Gasteiger partial charge in [-0.25, -0.2) is 14.6 Å². The van der Waals surface area contributed by atoms with Gasteiger partial charge in [0.1, 0.15) is 17.3 Å². The van der Waals surface area contributed by atoms with Gasteiger partial charge in [-0.15, -0.1) is 0 Å². The molecule has 0 aliphatic carbocycles. The van der Waals surface area contributed by atoms with E-state index in [4.69, 9.17) is 9.47 Å². The van der Waals surface area contributed by atoms with Crippen LogP contribution in [0.2, 0.25) is 0 Å². The highest BCUT2D eigenvalue weighted by molar-refractivity contribution is 6.39. The molecular formula is C28H22FN3O5. The van der Waals surface area contributed by atoms with Crippen LogP contribution in [0.25, 0.3) is 10.8 Å². The van der Waals surface area contributed by atoms with E-state index in [9.17, 15) is 18.8 Å². The zero-order chi connectivity index (χ0) is 26.2. The number of rotatable bonds is 7. The fourth-order valence-corrected chi connectivity index (χ4v) is 3.44. The molecule has 37 heavy (non-hydrogen) atoms. The van der Waals surface area contributed by atoms with Crippen LogP contribution in [0.1, 0.15) is 22.8 Å². The fourth-order valence-electron chi connectivity index (χ4n) is 3.44. The van der Waals surface area contributed by atoms with Gasteiger partial charge in [-0.2, -0.15) is 5.10 Å². The van der Waals surface area contributed by atoms with E-state index in [-0.39, 0.29) is 11.4 Å². The molecule has 0 atom stereocenters. The van der Waals surface area contributed by atoms with Crippen molar-refractivity contribution in [1.82, 2.24) is 5.43 Å². The number of hydrogen-bond acceptors (Lipinski definition) is 6. The van der Waals surface area contributed by atoms with E-state index in [0.717, 1.165) is 17.5 Å². The van der Waals surface area contributed by atoms with Gasteiger partial charge in [0.2, 0.25) is 0 Å². The number of nitrogens with one attached hydrogen (secondary N) is 2. The molecule has 0 fully saturated rings. The van der Waals surface area contributed by atoms with Crippen molar-refractivity contribution in [2.45, 2.75) is 6.92 Å². The predicted molar refractivity (Wildman–Crippen MR) is 137 cm³/mol. The SMILES string of the molecule is CCOc1ccc(C(=O)Oc2ccc3ccccc3c2/C=N\NC(=O)C(=O)Nc2ccc(F)cc2)cc1. The monoisotopic (exact) mass is 499 g/mol. The number of carbonyl (C=O) groups excluding carboxylic acids is 3. The Bertz CT molecular complexity index is 1470. The number of carbonyl (C=O) groups is 3. The molecule has 0 saturated carbocycles. The van der Waals surface area contributed by atoms with Crippen molar-refractivity contribution in [3.05, 3.63) is 102 Å². The van der Waals surface area contributed by atoms with Crippen LogP contribution in [-0.4, -0.2) is 30.6 Å². The molecule has 186 valence electrons. The molecule has 8 nitrogen and oxygen atoms in total. The van der Waals surface area contributed by atoms with Crippen molar-refractivity contribution < 1.29 is 28.2 Å². The Hall–Kier alpha value is -5.05. The number of hydrogen-bond donors (Lipinski definition) is 2. The van der Waals surface area contributed by atoms with Crippen LogP contribution in [0, 0.1) is 5.82 Å². The van der Waals surface area contributed by atoms with Crippen LogP contribution in [-0.2, 0) is 9.59 Å². The summed E-state index contributed by atoms with van der Waals surface area (Å²) in [5.41, 5.74) is 3.15. The van der Waals surface area contributed by atoms with E-state index in [1.165, 1.54) is 18.3 Å². The predicted octanol–water partition coefficient (Wildman–Crippen LogP) is 4.69. The maximum atomic E-state index is 13.0. The molecule has 4 aromatic carbocycles. The van der Waals surface area contributed by atoms with Gasteiger partial charge in [-0.05, 0) is 72.3 Å². The van der Waals surface area contributed by atoms with Crippen molar-refractivity contribution in [3.63, 3.8) is 0 Å². The molecule has 4 rings (SSSR count). The van der Waals surface area contributed by atoms with Crippen molar-refractivity contribution >= 4 is 40.5 Å². The van der Waals surface area contributed by atoms with Gasteiger partial charge in [0.15, 0.2) is 0 Å². The Balaban J connectivity index is 1.51. The lowest BCUT2D eigenvalue weighted by atomic mass is 10.0. The average Bonchev–Trinajstić information content (AvgIpc) is 2.91. The summed E-state index contributed by atoms with van der Waals surface area (Å²) in [7, 11) is 0. The molecule has 0 heterocycles. The first kappa shape index (κ1) is 25.1. The minimum atomic E-state index is -1.03. The van der Waals surface area contributed by atoms with Gasteiger partial charge in [0, 0.05) is 11.3 Å². The maximum Gasteiger partial charge on any atom is 0.343 e. The molecule has 0 spiro atoms. The summed E-state index contributed by atoms with van der Waals surface area (Å²) in [6.45, 7) is 2.37. The second-order valence-electron chi connectivity index (χ2n) is 7.71. The van der Waals surface area contributed by atoms with Gasteiger partial charge < -0.3 is 14.8 Å². The van der Waals surface area contributed by atoms with Crippen LogP contribution in [0.5, 0.6) is 11.5 Å². The molecule has 2 amide bonds. The molecule has 4 aromatic rings. The zero-order valence-corrected chi connectivity index (χ0v) is 19.7. The molecule has 0 aliphatic rings. The van der Waals surface area contributed by atoms with Crippen LogP contribution in [0.4, 0.5) is 10.1 Å². The number of ether oxygens (including phenoxy) is 2. The molecule has 0 aliphatic heterocycles. The van der Waals surface area contributed by atoms with E-state index in [0.29, 0.717) is 28.9 Å². The van der Waals surface area contributed by atoms with E-state index in [1.54, 1.807) is 36.4 Å². The average molecular weight is 499 g/mol. The molecule has 0 saturated heterocycles. The molecule has 0 unspecified atom stereocenters. The molecule has 0 radical (unpaired) electrons. The van der Waals surface area contributed by atoms with Gasteiger partial charge in [0.25, 0.3) is 0 Å². The molecule has 9 heteroatoms. The highest BCUT2D eigenvalue weighted by atomic mass is 19.1. The lowest BCUT2D eigenvalue weighted by Gasteiger charge is -2.11. The van der Waals surface area contributed by atoms with Crippen LogP contribution in [0.15, 0.2) is 90.0 Å². The number of esters is 1. The molecule has 2 N–H and O–H groups in total. The van der Waals surface area contributed by atoms with Gasteiger partial charge in [-0.1, -0.05) is 30.3 Å². The third-order valence-electron chi connectivity index (χ3n) is 5.20. The van der Waals surface area contributed by atoms with E-state index in [2.05, 4.69) is 15.8 Å². The zero-order valence-electron chi connectivity index (χ0n) is 19.7. The Kier molecular flexibility index (Phi) is 7.85. The lowest BCUT2D eigenvalue weighted by molar-refractivity contribution is -0.136. The number of benzene rings is 4. The number of hydrazone groups is 1. The molecule has 0 aromatic heterocycles. The van der Waals surface area contributed by atoms with Crippen molar-refractivity contribution in [3.8, 4) is 11.5 Å². The normalized spacial score (nSPS) is 10.8. The number of halogens is 1. The van der Waals surface area contributed by atoms with Crippen molar-refractivity contribution in [2.24, 2.45) is 5.10 Å². The summed E-state index contributed by atoms with van der Waals surface area (Å²) in [5.74, 6) is -2.22. The Morgan fingerprint density at radius 2 is 1.62 bits per heavy atom. The lowest BCUT2D eigenvalue weighted by Crippen LogP contribution is -2.32. The van der Waals surface area contributed by atoms with Gasteiger partial charge >= 0.3 is 17.8 Å². The minimum absolute atomic E-state index is 0.214. The maximum absolute atomic E-state index is 13.0. The van der Waals surface area contributed by atoms with Crippen LogP contribution < -0.4 is 20.2 Å². The summed E-state index contributed by atoms with van der Waals surface area (Å²) >= 11 is 0. The second kappa shape index (κ2) is 11.6. The summed E-state index contributed by atoms with van der Waals surface area (Å²) in [5, 5.41) is 7.80. The Morgan fingerprint density at radius 3 is 2.35 bits per heavy atom. The third kappa shape index (κ3) is 6.34. The van der Waals surface area contributed by atoms with Gasteiger partial charge in [-0.3, -0.25) is 9.59 Å². The molecular weight excluding hydrogens is 477 g/mol. The van der Waals surface area contributed by atoms with E-state index in [1.807, 2.05) is 31.2 Å². The largest absolute Gasteiger partial charge is 0.494 e. The topological polar surface area (TPSA) is 106 Å². The van der Waals surface area contributed by atoms with E-state index < -0.39 is 23.6 Å². The van der Waals surface area contributed by atoms with Crippen LogP contribution in [0.3, 0.4) is 0 Å². The van der Waals surface area contributed by atoms with Crippen molar-refractivity contribution in [1.29, 1.82) is 0 Å². The Labute approximate surface area is 211 Å². The summed E-state index contributed by atoms with van der Waals surface area (Å²) in [4.78, 5) is 37.1. The van der Waals surface area contributed by atoms with Crippen LogP contribution >= 0.6 is 0 Å². The number of anilines is 1. The minimum Gasteiger partial charge on any atom is -0.494 e. The first-order valence-corrected chi connectivity index (χ1v) is 11.3. The number of amides is 2. The first-order valence-electron chi connectivity index (χ1n) is 11.3. The summed E-state index contributed by atoms with van der Waals surface area (Å²) in [6.07, 6.45) is 1.30. The highest BCUT2D eigenvalue weighted by Crippen LogP contribution is 2.27. The first-order chi connectivity index (χ1) is 17.9. The number of fused-ring (bicyclic) bond motifs is 1. The van der Waals surface area contributed by atoms with E-state index >= 15 is 0 Å². The second-order valence-corrected chi connectivity index (χ2v) is 7.71. The van der Waals surface area contributed by atoms with Crippen molar-refractivity contribution in [2.75, 3.05) is 11.9 Å². The Morgan fingerprint density at radius 1 is 0.892 bits per heavy atom. The fraction of sp³-hybridized carbons (Fsp3) is 0.0714. The molecule has 0 bridgehead atoms.